The highest BCUT2D eigenvalue weighted by molar-refractivity contribution is 5.87. The van der Waals surface area contributed by atoms with E-state index in [0.717, 1.165) is 11.1 Å². The quantitative estimate of drug-likeness (QED) is 0.532. The molecule has 0 amide bonds. The lowest BCUT2D eigenvalue weighted by Gasteiger charge is -1.99. The first-order valence-electron chi connectivity index (χ1n) is 5.89. The van der Waals surface area contributed by atoms with Crippen LogP contribution in [0.25, 0.3) is 10.9 Å². The number of hydrogen-bond acceptors (Lipinski definition) is 3. The van der Waals surface area contributed by atoms with Crippen LogP contribution in [0.2, 0.25) is 0 Å². The first-order chi connectivity index (χ1) is 9.25. The Bertz CT molecular complexity index is 735. The predicted molar refractivity (Wildman–Crippen MR) is 71.9 cm³/mol. The van der Waals surface area contributed by atoms with Crippen LogP contribution in [0, 0.1) is 10.1 Å². The third kappa shape index (κ3) is 2.06. The number of nitrogens with zero attached hydrogens (tertiary/aromatic N) is 3. The van der Waals surface area contributed by atoms with E-state index in [1.54, 1.807) is 16.8 Å². The van der Waals surface area contributed by atoms with Crippen molar-refractivity contribution in [3.8, 4) is 0 Å². The van der Waals surface area contributed by atoms with Crippen LogP contribution in [-0.2, 0) is 6.54 Å². The molecule has 2 aromatic carbocycles. The molecule has 0 aliphatic rings. The van der Waals surface area contributed by atoms with Gasteiger partial charge in [0.2, 0.25) is 0 Å². The fourth-order valence-electron chi connectivity index (χ4n) is 2.12. The Kier molecular flexibility index (Phi) is 2.72. The minimum Gasteiger partial charge on any atom is -0.358 e. The van der Waals surface area contributed by atoms with E-state index in [-0.39, 0.29) is 5.82 Å². The van der Waals surface area contributed by atoms with E-state index >= 15 is 0 Å². The van der Waals surface area contributed by atoms with Gasteiger partial charge >= 0.3 is 5.82 Å². The Morgan fingerprint density at radius 3 is 2.47 bits per heavy atom. The molecule has 0 saturated heterocycles. The Morgan fingerprint density at radius 2 is 1.74 bits per heavy atom. The van der Waals surface area contributed by atoms with Crippen molar-refractivity contribution in [2.75, 3.05) is 0 Å². The van der Waals surface area contributed by atoms with E-state index in [1.165, 1.54) is 0 Å². The number of rotatable bonds is 3. The molecular formula is C14H11N3O2. The van der Waals surface area contributed by atoms with Crippen molar-refractivity contribution >= 4 is 16.7 Å². The first-order valence-corrected chi connectivity index (χ1v) is 5.89. The van der Waals surface area contributed by atoms with Gasteiger partial charge in [-0.1, -0.05) is 42.5 Å². The second-order valence-corrected chi connectivity index (χ2v) is 4.24. The van der Waals surface area contributed by atoms with Gasteiger partial charge in [-0.15, -0.1) is 0 Å². The molecule has 0 spiro atoms. The second kappa shape index (κ2) is 4.53. The summed E-state index contributed by atoms with van der Waals surface area (Å²) in [6.07, 6.45) is 0. The molecule has 0 aliphatic carbocycles. The fourth-order valence-corrected chi connectivity index (χ4v) is 2.12. The number of nitro groups is 1. The summed E-state index contributed by atoms with van der Waals surface area (Å²) in [4.78, 5) is 10.6. The third-order valence-corrected chi connectivity index (χ3v) is 2.99. The lowest BCUT2D eigenvalue weighted by molar-refractivity contribution is -0.388. The zero-order valence-electron chi connectivity index (χ0n) is 10.1. The fraction of sp³-hybridized carbons (Fsp3) is 0.0714. The highest BCUT2D eigenvalue weighted by Crippen LogP contribution is 2.24. The zero-order chi connectivity index (χ0) is 13.2. The maximum atomic E-state index is 11.0. The SMILES string of the molecule is O=[N+]([O-])c1nn(Cc2ccccc2)c2ccccc12. The molecule has 3 rings (SSSR count). The molecule has 1 heterocycles. The minimum absolute atomic E-state index is 0.0912. The molecule has 3 aromatic rings. The summed E-state index contributed by atoms with van der Waals surface area (Å²) < 4.78 is 1.67. The first kappa shape index (κ1) is 11.4. The van der Waals surface area contributed by atoms with Crippen molar-refractivity contribution in [2.45, 2.75) is 6.54 Å². The van der Waals surface area contributed by atoms with Crippen LogP contribution in [0.4, 0.5) is 5.82 Å². The molecular weight excluding hydrogens is 242 g/mol. The Balaban J connectivity index is 2.11. The Hall–Kier alpha value is -2.69. The van der Waals surface area contributed by atoms with Gasteiger partial charge in [0, 0.05) is 0 Å². The van der Waals surface area contributed by atoms with Gasteiger partial charge in [0.25, 0.3) is 0 Å². The van der Waals surface area contributed by atoms with Crippen LogP contribution >= 0.6 is 0 Å². The molecule has 19 heavy (non-hydrogen) atoms. The van der Waals surface area contributed by atoms with Crippen LogP contribution in [0.3, 0.4) is 0 Å². The lowest BCUT2D eigenvalue weighted by atomic mass is 10.2. The van der Waals surface area contributed by atoms with Crippen molar-refractivity contribution in [2.24, 2.45) is 0 Å². The van der Waals surface area contributed by atoms with Gasteiger partial charge in [-0.2, -0.15) is 4.68 Å². The molecule has 0 fully saturated rings. The maximum absolute atomic E-state index is 11.0. The Morgan fingerprint density at radius 1 is 1.05 bits per heavy atom. The van der Waals surface area contributed by atoms with Crippen molar-refractivity contribution in [3.05, 3.63) is 70.3 Å². The summed E-state index contributed by atoms with van der Waals surface area (Å²) in [5.74, 6) is -0.0912. The van der Waals surface area contributed by atoms with Gasteiger partial charge in [0.1, 0.15) is 5.39 Å². The highest BCUT2D eigenvalue weighted by atomic mass is 16.6. The molecule has 0 radical (unpaired) electrons. The molecule has 0 unspecified atom stereocenters. The molecule has 0 saturated carbocycles. The van der Waals surface area contributed by atoms with Crippen LogP contribution in [0.5, 0.6) is 0 Å². The molecule has 0 aliphatic heterocycles. The van der Waals surface area contributed by atoms with Crippen molar-refractivity contribution < 1.29 is 4.92 Å². The normalized spacial score (nSPS) is 10.7. The molecule has 5 nitrogen and oxygen atoms in total. The smallest absolute Gasteiger partial charge is 0.358 e. The van der Waals surface area contributed by atoms with E-state index < -0.39 is 4.92 Å². The van der Waals surface area contributed by atoms with E-state index in [0.29, 0.717) is 11.9 Å². The summed E-state index contributed by atoms with van der Waals surface area (Å²) in [6.45, 7) is 0.523. The van der Waals surface area contributed by atoms with Gasteiger partial charge in [0.05, 0.1) is 17.2 Å². The predicted octanol–water partition coefficient (Wildman–Crippen LogP) is 2.99. The molecule has 5 heteroatoms. The van der Waals surface area contributed by atoms with Gasteiger partial charge < -0.3 is 10.1 Å². The molecule has 0 N–H and O–H groups in total. The third-order valence-electron chi connectivity index (χ3n) is 2.99. The zero-order valence-corrected chi connectivity index (χ0v) is 10.1. The van der Waals surface area contributed by atoms with Crippen LogP contribution in [-0.4, -0.2) is 14.7 Å². The number of para-hydroxylation sites is 1. The summed E-state index contributed by atoms with van der Waals surface area (Å²) in [7, 11) is 0. The summed E-state index contributed by atoms with van der Waals surface area (Å²) >= 11 is 0. The number of hydrogen-bond donors (Lipinski definition) is 0. The average Bonchev–Trinajstić information content (AvgIpc) is 2.79. The molecule has 94 valence electrons. The van der Waals surface area contributed by atoms with Gasteiger partial charge in [-0.05, 0) is 22.6 Å². The standard InChI is InChI=1S/C14H11N3O2/c18-17(19)14-12-8-4-5-9-13(12)16(15-14)10-11-6-2-1-3-7-11/h1-9H,10H2. The maximum Gasteiger partial charge on any atom is 0.397 e. The van der Waals surface area contributed by atoms with Gasteiger partial charge in [-0.25, -0.2) is 0 Å². The van der Waals surface area contributed by atoms with E-state index in [1.807, 2.05) is 42.5 Å². The summed E-state index contributed by atoms with van der Waals surface area (Å²) in [5, 5.41) is 15.7. The molecule has 1 aromatic heterocycles. The lowest BCUT2D eigenvalue weighted by Crippen LogP contribution is -2.02. The number of fused-ring (bicyclic) bond motifs is 1. The van der Waals surface area contributed by atoms with Gasteiger partial charge in [-0.3, -0.25) is 0 Å². The van der Waals surface area contributed by atoms with Crippen LogP contribution in [0.1, 0.15) is 5.56 Å². The summed E-state index contributed by atoms with van der Waals surface area (Å²) in [6, 6.07) is 17.0. The van der Waals surface area contributed by atoms with Gasteiger partial charge in [0.15, 0.2) is 0 Å². The number of benzene rings is 2. The average molecular weight is 253 g/mol. The van der Waals surface area contributed by atoms with Crippen molar-refractivity contribution in [1.82, 2.24) is 9.78 Å². The van der Waals surface area contributed by atoms with E-state index in [2.05, 4.69) is 5.10 Å². The van der Waals surface area contributed by atoms with Crippen LogP contribution < -0.4 is 0 Å². The minimum atomic E-state index is -0.441. The summed E-state index contributed by atoms with van der Waals surface area (Å²) in [5.41, 5.74) is 1.84. The van der Waals surface area contributed by atoms with Crippen molar-refractivity contribution in [1.29, 1.82) is 0 Å². The Labute approximate surface area is 109 Å². The highest BCUT2D eigenvalue weighted by Gasteiger charge is 2.20. The second-order valence-electron chi connectivity index (χ2n) is 4.24. The topological polar surface area (TPSA) is 61.0 Å². The van der Waals surface area contributed by atoms with E-state index in [9.17, 15) is 10.1 Å². The largest absolute Gasteiger partial charge is 0.397 e. The monoisotopic (exact) mass is 253 g/mol. The van der Waals surface area contributed by atoms with Crippen LogP contribution in [0.15, 0.2) is 54.6 Å². The molecule has 0 atom stereocenters. The number of aromatic nitrogens is 2. The molecule has 0 bridgehead atoms. The van der Waals surface area contributed by atoms with Crippen molar-refractivity contribution in [3.63, 3.8) is 0 Å². The van der Waals surface area contributed by atoms with E-state index in [4.69, 9.17) is 0 Å².